The Morgan fingerprint density at radius 2 is 1.93 bits per heavy atom. The second-order valence-electron chi connectivity index (χ2n) is 3.50. The van der Waals surface area contributed by atoms with Crippen LogP contribution in [-0.4, -0.2) is 21.4 Å². The molecule has 0 aliphatic carbocycles. The van der Waals surface area contributed by atoms with E-state index in [0.29, 0.717) is 6.04 Å². The molecule has 1 aliphatic rings. The molecule has 1 unspecified atom stereocenters. The molecule has 0 saturated carbocycles. The van der Waals surface area contributed by atoms with E-state index in [-0.39, 0.29) is 0 Å². The molecule has 3 rings (SSSR count). The number of hydrogen-bond donors (Lipinski definition) is 0. The van der Waals surface area contributed by atoms with Crippen LogP contribution in [-0.2, 0) is 0 Å². The van der Waals surface area contributed by atoms with Gasteiger partial charge in [-0.15, -0.1) is 10.2 Å². The van der Waals surface area contributed by atoms with Gasteiger partial charge in [-0.1, -0.05) is 29.8 Å². The van der Waals surface area contributed by atoms with Gasteiger partial charge in [0.25, 0.3) is 0 Å². The summed E-state index contributed by atoms with van der Waals surface area (Å²) >= 11 is 6.12. The predicted octanol–water partition coefficient (Wildman–Crippen LogP) is 1.62. The van der Waals surface area contributed by atoms with E-state index in [9.17, 15) is 0 Å². The van der Waals surface area contributed by atoms with Gasteiger partial charge in [0.2, 0.25) is 0 Å². The maximum absolute atomic E-state index is 6.12. The van der Waals surface area contributed by atoms with E-state index in [0.717, 1.165) is 17.1 Å². The largest absolute Gasteiger partial charge is 0.298 e. The zero-order chi connectivity index (χ0) is 10.3. The van der Waals surface area contributed by atoms with Crippen LogP contribution in [0.1, 0.15) is 11.6 Å². The van der Waals surface area contributed by atoms with Crippen LogP contribution >= 0.6 is 11.6 Å². The van der Waals surface area contributed by atoms with Crippen molar-refractivity contribution in [3.8, 4) is 0 Å². The number of nitrogens with zero attached hydrogens (tertiary/aromatic N) is 4. The van der Waals surface area contributed by atoms with E-state index in [1.807, 2.05) is 22.9 Å². The minimum Gasteiger partial charge on any atom is -0.298 e. The van der Waals surface area contributed by atoms with Crippen molar-refractivity contribution < 1.29 is 0 Å². The van der Waals surface area contributed by atoms with E-state index >= 15 is 0 Å². The first-order valence-electron chi connectivity index (χ1n) is 4.72. The highest BCUT2D eigenvalue weighted by atomic mass is 35.5. The quantitative estimate of drug-likeness (QED) is 0.722. The predicted molar refractivity (Wildman–Crippen MR) is 57.3 cm³/mol. The van der Waals surface area contributed by atoms with Crippen molar-refractivity contribution in [2.75, 3.05) is 11.6 Å². The number of rotatable bonds is 2. The molecule has 0 bridgehead atoms. The van der Waals surface area contributed by atoms with Crippen LogP contribution in [0.3, 0.4) is 0 Å². The van der Waals surface area contributed by atoms with Gasteiger partial charge in [-0.3, -0.25) is 5.01 Å². The van der Waals surface area contributed by atoms with Crippen molar-refractivity contribution >= 4 is 11.6 Å². The average Bonchev–Trinajstić information content (AvgIpc) is 2.85. The zero-order valence-electron chi connectivity index (χ0n) is 7.92. The number of hydrogen-bond acceptors (Lipinski definition) is 3. The van der Waals surface area contributed by atoms with E-state index in [1.165, 1.54) is 0 Å². The van der Waals surface area contributed by atoms with Crippen LogP contribution in [0.25, 0.3) is 0 Å². The summed E-state index contributed by atoms with van der Waals surface area (Å²) in [4.78, 5) is 0. The van der Waals surface area contributed by atoms with Gasteiger partial charge in [-0.05, 0) is 11.6 Å². The third-order valence-corrected chi connectivity index (χ3v) is 2.90. The average molecular weight is 221 g/mol. The van der Waals surface area contributed by atoms with Gasteiger partial charge in [0, 0.05) is 5.02 Å². The van der Waals surface area contributed by atoms with Crippen LogP contribution < -0.4 is 5.01 Å². The molecule has 5 heteroatoms. The molecule has 0 N–H and O–H groups in total. The summed E-state index contributed by atoms with van der Waals surface area (Å²) in [5.41, 5.74) is 1.16. The highest BCUT2D eigenvalue weighted by Crippen LogP contribution is 2.36. The topological polar surface area (TPSA) is 33.7 Å². The molecule has 1 aromatic carbocycles. The fraction of sp³-hybridized carbons (Fsp3) is 0.200. The van der Waals surface area contributed by atoms with Crippen molar-refractivity contribution in [2.45, 2.75) is 6.04 Å². The molecule has 1 atom stereocenters. The SMILES string of the molecule is Clc1ccccc1C1CN1n1cnnc1. The highest BCUT2D eigenvalue weighted by molar-refractivity contribution is 6.31. The molecular weight excluding hydrogens is 212 g/mol. The van der Waals surface area contributed by atoms with E-state index in [1.54, 1.807) is 12.7 Å². The molecule has 0 spiro atoms. The second-order valence-corrected chi connectivity index (χ2v) is 3.91. The molecule has 2 heterocycles. The summed E-state index contributed by atoms with van der Waals surface area (Å²) in [5.74, 6) is 0. The van der Waals surface area contributed by atoms with Crippen molar-refractivity contribution in [3.63, 3.8) is 0 Å². The molecule has 0 radical (unpaired) electrons. The Labute approximate surface area is 92.1 Å². The van der Waals surface area contributed by atoms with Gasteiger partial charge in [0.05, 0.1) is 12.6 Å². The summed E-state index contributed by atoms with van der Waals surface area (Å²) in [6, 6.07) is 8.27. The van der Waals surface area contributed by atoms with Crippen LogP contribution in [0.2, 0.25) is 5.02 Å². The Bertz CT molecular complexity index is 468. The van der Waals surface area contributed by atoms with Crippen LogP contribution in [0, 0.1) is 0 Å². The summed E-state index contributed by atoms with van der Waals surface area (Å²) in [7, 11) is 0. The van der Waals surface area contributed by atoms with Crippen LogP contribution in [0.5, 0.6) is 0 Å². The van der Waals surface area contributed by atoms with Crippen LogP contribution in [0.15, 0.2) is 36.9 Å². The lowest BCUT2D eigenvalue weighted by atomic mass is 10.2. The van der Waals surface area contributed by atoms with E-state index in [2.05, 4.69) is 21.3 Å². The Balaban J connectivity index is 1.86. The van der Waals surface area contributed by atoms with Crippen molar-refractivity contribution in [1.82, 2.24) is 14.9 Å². The zero-order valence-corrected chi connectivity index (χ0v) is 8.67. The second kappa shape index (κ2) is 3.24. The van der Waals surface area contributed by atoms with Gasteiger partial charge in [-0.25, -0.2) is 4.68 Å². The van der Waals surface area contributed by atoms with Gasteiger partial charge < -0.3 is 0 Å². The standard InChI is InChI=1S/C10H9ClN4/c11-9-4-2-1-3-8(9)10-5-15(10)14-6-12-13-7-14/h1-4,6-7,10H,5H2. The summed E-state index contributed by atoms with van der Waals surface area (Å²) in [5, 5.41) is 10.5. The smallest absolute Gasteiger partial charge is 0.139 e. The molecule has 1 aromatic heterocycles. The molecule has 1 fully saturated rings. The third-order valence-electron chi connectivity index (χ3n) is 2.55. The number of aromatic nitrogens is 3. The molecule has 4 nitrogen and oxygen atoms in total. The first-order valence-corrected chi connectivity index (χ1v) is 5.10. The summed E-state index contributed by atoms with van der Waals surface area (Å²) < 4.78 is 1.88. The van der Waals surface area contributed by atoms with Gasteiger partial charge >= 0.3 is 0 Å². The highest BCUT2D eigenvalue weighted by Gasteiger charge is 2.37. The maximum atomic E-state index is 6.12. The minimum atomic E-state index is 0.356. The van der Waals surface area contributed by atoms with Crippen molar-refractivity contribution in [3.05, 3.63) is 47.5 Å². The molecular formula is C10H9ClN4. The fourth-order valence-electron chi connectivity index (χ4n) is 1.72. The first kappa shape index (κ1) is 8.73. The van der Waals surface area contributed by atoms with Crippen molar-refractivity contribution in [1.29, 1.82) is 0 Å². The minimum absolute atomic E-state index is 0.356. The molecule has 1 saturated heterocycles. The van der Waals surface area contributed by atoms with Crippen molar-refractivity contribution in [2.24, 2.45) is 0 Å². The number of benzene rings is 1. The fourth-order valence-corrected chi connectivity index (χ4v) is 1.98. The van der Waals surface area contributed by atoms with E-state index in [4.69, 9.17) is 11.6 Å². The first-order chi connectivity index (χ1) is 7.36. The maximum Gasteiger partial charge on any atom is 0.139 e. The monoisotopic (exact) mass is 220 g/mol. The third kappa shape index (κ3) is 1.47. The van der Waals surface area contributed by atoms with Gasteiger partial charge in [0.15, 0.2) is 0 Å². The van der Waals surface area contributed by atoms with Gasteiger partial charge in [0.1, 0.15) is 12.7 Å². The molecule has 15 heavy (non-hydrogen) atoms. The molecule has 2 aromatic rings. The Kier molecular flexibility index (Phi) is 1.89. The molecule has 0 amide bonds. The summed E-state index contributed by atoms with van der Waals surface area (Å²) in [6.07, 6.45) is 3.38. The number of halogens is 1. The Morgan fingerprint density at radius 1 is 1.20 bits per heavy atom. The Morgan fingerprint density at radius 3 is 2.67 bits per heavy atom. The molecule has 76 valence electrons. The molecule has 1 aliphatic heterocycles. The lowest BCUT2D eigenvalue weighted by Gasteiger charge is -2.06. The lowest BCUT2D eigenvalue weighted by Crippen LogP contribution is -2.10. The lowest BCUT2D eigenvalue weighted by molar-refractivity contribution is 0.793. The van der Waals surface area contributed by atoms with Gasteiger partial charge in [-0.2, -0.15) is 0 Å². The van der Waals surface area contributed by atoms with E-state index < -0.39 is 0 Å². The summed E-state index contributed by atoms with van der Waals surface area (Å²) in [6.45, 7) is 0.960. The Hall–Kier alpha value is -1.55. The normalized spacial score (nSPS) is 19.3. The van der Waals surface area contributed by atoms with Crippen LogP contribution in [0.4, 0.5) is 0 Å².